The van der Waals surface area contributed by atoms with Crippen LogP contribution in [-0.4, -0.2) is 40.1 Å². The molecule has 1 aromatic carbocycles. The van der Waals surface area contributed by atoms with Gasteiger partial charge in [-0.2, -0.15) is 0 Å². The van der Waals surface area contributed by atoms with E-state index in [1.165, 1.54) is 19.4 Å². The van der Waals surface area contributed by atoms with Crippen molar-refractivity contribution in [3.8, 4) is 0 Å². The van der Waals surface area contributed by atoms with Crippen molar-refractivity contribution in [2.24, 2.45) is 0 Å². The van der Waals surface area contributed by atoms with Gasteiger partial charge in [-0.05, 0) is 43.0 Å². The maximum absolute atomic E-state index is 12.2. The third-order valence-electron chi connectivity index (χ3n) is 4.46. The van der Waals surface area contributed by atoms with Crippen molar-refractivity contribution in [1.29, 1.82) is 0 Å². The highest BCUT2D eigenvalue weighted by atomic mass is 35.5. The first-order valence-electron chi connectivity index (χ1n) is 8.71. The van der Waals surface area contributed by atoms with Crippen molar-refractivity contribution in [2.75, 3.05) is 7.11 Å². The van der Waals surface area contributed by atoms with E-state index in [1.807, 2.05) is 12.1 Å². The number of rotatable bonds is 5. The molecule has 1 aliphatic carbocycles. The first kappa shape index (κ1) is 19.1. The molecule has 0 bridgehead atoms. The fourth-order valence-corrected chi connectivity index (χ4v) is 3.21. The van der Waals surface area contributed by atoms with Crippen LogP contribution in [0.4, 0.5) is 0 Å². The average molecular weight is 390 g/mol. The predicted octanol–water partition coefficient (Wildman–Crippen LogP) is 3.46. The fourth-order valence-electron chi connectivity index (χ4n) is 3.08. The number of halogens is 1. The van der Waals surface area contributed by atoms with E-state index in [4.69, 9.17) is 16.3 Å². The molecule has 142 valence electrons. The molecule has 7 nitrogen and oxygen atoms in total. The standard InChI is InChI=1S/C19H20ClN3O4/c1-26-19(25)15-12-23(22-21-15)16-4-2-3-5-17(16)27-18(24)11-8-13-6-9-14(20)10-7-13/h6-12,16-17H,2-5H2,1H3. The SMILES string of the molecule is COC(=O)c1cn(C2CCCCC2OC(=O)C=Cc2ccc(Cl)cc2)nn1. The van der Waals surface area contributed by atoms with Crippen LogP contribution in [0.2, 0.25) is 5.02 Å². The summed E-state index contributed by atoms with van der Waals surface area (Å²) >= 11 is 5.85. The van der Waals surface area contributed by atoms with Gasteiger partial charge in [-0.1, -0.05) is 35.4 Å². The number of hydrogen-bond acceptors (Lipinski definition) is 6. The summed E-state index contributed by atoms with van der Waals surface area (Å²) in [6.45, 7) is 0. The van der Waals surface area contributed by atoms with Gasteiger partial charge in [0.1, 0.15) is 6.10 Å². The van der Waals surface area contributed by atoms with Crippen molar-refractivity contribution >= 4 is 29.6 Å². The number of carbonyl (C=O) groups excluding carboxylic acids is 2. The maximum Gasteiger partial charge on any atom is 0.360 e. The van der Waals surface area contributed by atoms with Gasteiger partial charge in [-0.15, -0.1) is 5.10 Å². The minimum absolute atomic E-state index is 0.135. The number of benzene rings is 1. The minimum atomic E-state index is -0.545. The lowest BCUT2D eigenvalue weighted by Crippen LogP contribution is -2.32. The molecule has 2 aromatic rings. The van der Waals surface area contributed by atoms with Crippen LogP contribution in [-0.2, 0) is 14.3 Å². The molecule has 1 aliphatic rings. The lowest BCUT2D eigenvalue weighted by atomic mass is 9.92. The van der Waals surface area contributed by atoms with Gasteiger partial charge >= 0.3 is 11.9 Å². The molecule has 1 heterocycles. The number of hydrogen-bond donors (Lipinski definition) is 0. The van der Waals surface area contributed by atoms with E-state index in [9.17, 15) is 9.59 Å². The molecule has 2 unspecified atom stereocenters. The number of esters is 2. The highest BCUT2D eigenvalue weighted by Crippen LogP contribution is 2.30. The second-order valence-corrected chi connectivity index (χ2v) is 6.72. The van der Waals surface area contributed by atoms with Crippen LogP contribution in [0.3, 0.4) is 0 Å². The van der Waals surface area contributed by atoms with Gasteiger partial charge in [-0.3, -0.25) is 0 Å². The van der Waals surface area contributed by atoms with Crippen molar-refractivity contribution < 1.29 is 19.1 Å². The summed E-state index contributed by atoms with van der Waals surface area (Å²) in [5.41, 5.74) is 0.992. The van der Waals surface area contributed by atoms with Crippen molar-refractivity contribution in [2.45, 2.75) is 37.8 Å². The molecular weight excluding hydrogens is 370 g/mol. The summed E-state index contributed by atoms with van der Waals surface area (Å²) < 4.78 is 11.9. The molecule has 0 aliphatic heterocycles. The Bertz CT molecular complexity index is 832. The average Bonchev–Trinajstić information content (AvgIpc) is 3.17. The number of methoxy groups -OCH3 is 1. The summed E-state index contributed by atoms with van der Waals surface area (Å²) in [6, 6.07) is 7.00. The molecule has 3 rings (SSSR count). The molecule has 27 heavy (non-hydrogen) atoms. The summed E-state index contributed by atoms with van der Waals surface area (Å²) in [6.07, 6.45) is 7.78. The van der Waals surface area contributed by atoms with Gasteiger partial charge in [0.2, 0.25) is 0 Å². The molecule has 8 heteroatoms. The lowest BCUT2D eigenvalue weighted by Gasteiger charge is -2.30. The molecule has 2 atom stereocenters. The normalized spacial score (nSPS) is 19.8. The van der Waals surface area contributed by atoms with E-state index in [0.29, 0.717) is 5.02 Å². The first-order valence-corrected chi connectivity index (χ1v) is 9.09. The van der Waals surface area contributed by atoms with Gasteiger partial charge < -0.3 is 9.47 Å². The fraction of sp³-hybridized carbons (Fsp3) is 0.368. The smallest absolute Gasteiger partial charge is 0.360 e. The molecule has 0 amide bonds. The molecule has 0 saturated heterocycles. The zero-order valence-electron chi connectivity index (χ0n) is 14.9. The molecular formula is C19H20ClN3O4. The Hall–Kier alpha value is -2.67. The van der Waals surface area contributed by atoms with E-state index in [-0.39, 0.29) is 17.8 Å². The van der Waals surface area contributed by atoms with E-state index in [1.54, 1.807) is 22.9 Å². The van der Waals surface area contributed by atoms with Gasteiger partial charge in [0.05, 0.1) is 19.3 Å². The molecule has 1 fully saturated rings. The van der Waals surface area contributed by atoms with Crippen LogP contribution in [0.5, 0.6) is 0 Å². The highest BCUT2D eigenvalue weighted by Gasteiger charge is 2.31. The lowest BCUT2D eigenvalue weighted by molar-refractivity contribution is -0.147. The number of nitrogens with zero attached hydrogens (tertiary/aromatic N) is 3. The summed E-state index contributed by atoms with van der Waals surface area (Å²) in [5.74, 6) is -0.966. The predicted molar refractivity (Wildman–Crippen MR) is 99.2 cm³/mol. The number of ether oxygens (including phenoxy) is 2. The Balaban J connectivity index is 1.66. The Morgan fingerprint density at radius 3 is 2.70 bits per heavy atom. The minimum Gasteiger partial charge on any atom is -0.464 e. The Labute approximate surface area is 161 Å². The summed E-state index contributed by atoms with van der Waals surface area (Å²) in [5, 5.41) is 8.48. The molecule has 0 N–H and O–H groups in total. The highest BCUT2D eigenvalue weighted by molar-refractivity contribution is 6.30. The van der Waals surface area contributed by atoms with Crippen LogP contribution in [0.1, 0.15) is 47.8 Å². The Kier molecular flexibility index (Phi) is 6.24. The van der Waals surface area contributed by atoms with Gasteiger partial charge in [0, 0.05) is 11.1 Å². The van der Waals surface area contributed by atoms with Gasteiger partial charge in [-0.25, -0.2) is 14.3 Å². The van der Waals surface area contributed by atoms with E-state index in [2.05, 4.69) is 15.0 Å². The zero-order chi connectivity index (χ0) is 19.2. The van der Waals surface area contributed by atoms with Crippen molar-refractivity contribution in [3.05, 3.63) is 52.8 Å². The van der Waals surface area contributed by atoms with E-state index < -0.39 is 11.9 Å². The van der Waals surface area contributed by atoms with Crippen LogP contribution in [0, 0.1) is 0 Å². The number of aromatic nitrogens is 3. The van der Waals surface area contributed by atoms with Crippen molar-refractivity contribution in [3.63, 3.8) is 0 Å². The van der Waals surface area contributed by atoms with Crippen LogP contribution in [0.15, 0.2) is 36.5 Å². The largest absolute Gasteiger partial charge is 0.464 e. The van der Waals surface area contributed by atoms with Gasteiger partial charge in [0.15, 0.2) is 5.69 Å². The van der Waals surface area contributed by atoms with Crippen LogP contribution < -0.4 is 0 Å². The van der Waals surface area contributed by atoms with Crippen LogP contribution >= 0.6 is 11.6 Å². The second-order valence-electron chi connectivity index (χ2n) is 6.29. The molecule has 1 aromatic heterocycles. The monoisotopic (exact) mass is 389 g/mol. The third-order valence-corrected chi connectivity index (χ3v) is 4.71. The number of carbonyl (C=O) groups is 2. The maximum atomic E-state index is 12.2. The van der Waals surface area contributed by atoms with Crippen molar-refractivity contribution in [1.82, 2.24) is 15.0 Å². The van der Waals surface area contributed by atoms with Crippen LogP contribution in [0.25, 0.3) is 6.08 Å². The third kappa shape index (κ3) is 4.95. The molecule has 1 saturated carbocycles. The van der Waals surface area contributed by atoms with E-state index in [0.717, 1.165) is 31.2 Å². The topological polar surface area (TPSA) is 83.3 Å². The second kappa shape index (κ2) is 8.81. The summed E-state index contributed by atoms with van der Waals surface area (Å²) in [7, 11) is 1.29. The quantitative estimate of drug-likeness (QED) is 0.575. The first-order chi connectivity index (χ1) is 13.1. The zero-order valence-corrected chi connectivity index (χ0v) is 15.6. The van der Waals surface area contributed by atoms with Gasteiger partial charge in [0.25, 0.3) is 0 Å². The Morgan fingerprint density at radius 1 is 1.22 bits per heavy atom. The van der Waals surface area contributed by atoms with E-state index >= 15 is 0 Å². The summed E-state index contributed by atoms with van der Waals surface area (Å²) in [4.78, 5) is 23.8. The molecule has 0 spiro atoms. The Morgan fingerprint density at radius 2 is 1.96 bits per heavy atom. The molecule has 0 radical (unpaired) electrons.